The molecule has 3 nitrogen and oxygen atoms in total. The van der Waals surface area contributed by atoms with E-state index in [-0.39, 0.29) is 5.91 Å². The van der Waals surface area contributed by atoms with Crippen LogP contribution < -0.4 is 10.1 Å². The Kier molecular flexibility index (Phi) is 5.59. The zero-order chi connectivity index (χ0) is 15.9. The Bertz CT molecular complexity index is 620. The predicted molar refractivity (Wildman–Crippen MR) is 90.3 cm³/mol. The molecule has 0 fully saturated rings. The minimum absolute atomic E-state index is 0.150. The summed E-state index contributed by atoms with van der Waals surface area (Å²) in [5.74, 6) is 0.565. The molecular formula is C19H23NO2. The van der Waals surface area contributed by atoms with Crippen LogP contribution in [-0.4, -0.2) is 12.0 Å². The molecule has 0 aliphatic heterocycles. The molecule has 1 atom stereocenters. The molecule has 116 valence electrons. The third kappa shape index (κ3) is 4.62. The van der Waals surface area contributed by atoms with Crippen LogP contribution in [0.25, 0.3) is 0 Å². The largest absolute Gasteiger partial charge is 0.481 e. The van der Waals surface area contributed by atoms with E-state index in [9.17, 15) is 4.79 Å². The first-order valence-electron chi connectivity index (χ1n) is 7.71. The van der Waals surface area contributed by atoms with Crippen molar-refractivity contribution >= 4 is 11.6 Å². The predicted octanol–water partition coefficient (Wildman–Crippen LogP) is 4.35. The molecule has 0 saturated carbocycles. The van der Waals surface area contributed by atoms with Gasteiger partial charge in [0.1, 0.15) is 5.75 Å². The van der Waals surface area contributed by atoms with Gasteiger partial charge in [-0.25, -0.2) is 0 Å². The zero-order valence-electron chi connectivity index (χ0n) is 13.4. The number of nitrogens with one attached hydrogen (secondary N) is 1. The molecule has 2 aromatic carbocycles. The van der Waals surface area contributed by atoms with E-state index in [1.54, 1.807) is 6.92 Å². The van der Waals surface area contributed by atoms with Gasteiger partial charge in [0.2, 0.25) is 0 Å². The lowest BCUT2D eigenvalue weighted by Crippen LogP contribution is -2.30. The summed E-state index contributed by atoms with van der Waals surface area (Å²) >= 11 is 0. The van der Waals surface area contributed by atoms with Gasteiger partial charge in [0, 0.05) is 5.69 Å². The molecule has 0 spiro atoms. The number of hydrogen-bond donors (Lipinski definition) is 1. The fraction of sp³-hybridized carbons (Fsp3) is 0.316. The van der Waals surface area contributed by atoms with E-state index in [2.05, 4.69) is 12.2 Å². The smallest absolute Gasteiger partial charge is 0.265 e. The lowest BCUT2D eigenvalue weighted by molar-refractivity contribution is -0.122. The van der Waals surface area contributed by atoms with E-state index in [1.165, 1.54) is 5.56 Å². The lowest BCUT2D eigenvalue weighted by atomic mass is 10.1. The minimum Gasteiger partial charge on any atom is -0.481 e. The van der Waals surface area contributed by atoms with Crippen LogP contribution >= 0.6 is 0 Å². The molecule has 0 aromatic heterocycles. The van der Waals surface area contributed by atoms with Gasteiger partial charge in [0.05, 0.1) is 0 Å². The van der Waals surface area contributed by atoms with Gasteiger partial charge in [0.15, 0.2) is 6.10 Å². The van der Waals surface area contributed by atoms with Gasteiger partial charge in [-0.3, -0.25) is 4.79 Å². The highest BCUT2D eigenvalue weighted by Gasteiger charge is 2.14. The molecule has 0 aliphatic carbocycles. The second-order valence-corrected chi connectivity index (χ2v) is 5.51. The molecule has 1 unspecified atom stereocenters. The lowest BCUT2D eigenvalue weighted by Gasteiger charge is -2.15. The normalized spacial score (nSPS) is 11.8. The monoisotopic (exact) mass is 297 g/mol. The Morgan fingerprint density at radius 3 is 2.55 bits per heavy atom. The third-order valence-electron chi connectivity index (χ3n) is 3.43. The van der Waals surface area contributed by atoms with Gasteiger partial charge in [-0.15, -0.1) is 0 Å². The Hall–Kier alpha value is -2.29. The zero-order valence-corrected chi connectivity index (χ0v) is 13.4. The Morgan fingerprint density at radius 2 is 1.91 bits per heavy atom. The van der Waals surface area contributed by atoms with Gasteiger partial charge in [0.25, 0.3) is 5.91 Å². The molecule has 0 aliphatic rings. The summed E-state index contributed by atoms with van der Waals surface area (Å²) in [5.41, 5.74) is 3.18. The summed E-state index contributed by atoms with van der Waals surface area (Å²) < 4.78 is 5.70. The van der Waals surface area contributed by atoms with E-state index in [0.717, 1.165) is 24.1 Å². The average Bonchev–Trinajstić information content (AvgIpc) is 2.49. The molecule has 3 heteroatoms. The molecule has 0 saturated heterocycles. The van der Waals surface area contributed by atoms with Gasteiger partial charge in [-0.05, 0) is 55.7 Å². The highest BCUT2D eigenvalue weighted by Crippen LogP contribution is 2.16. The summed E-state index contributed by atoms with van der Waals surface area (Å²) in [6, 6.07) is 15.6. The van der Waals surface area contributed by atoms with Gasteiger partial charge in [-0.1, -0.05) is 37.6 Å². The average molecular weight is 297 g/mol. The van der Waals surface area contributed by atoms with E-state index in [4.69, 9.17) is 4.74 Å². The number of hydrogen-bond acceptors (Lipinski definition) is 2. The van der Waals surface area contributed by atoms with Crippen molar-refractivity contribution in [2.75, 3.05) is 5.32 Å². The maximum absolute atomic E-state index is 12.2. The Balaban J connectivity index is 1.93. The SMILES string of the molecule is CCCc1ccc(OC(C)C(=O)Nc2cccc(C)c2)cc1. The van der Waals surface area contributed by atoms with Crippen molar-refractivity contribution in [3.63, 3.8) is 0 Å². The van der Waals surface area contributed by atoms with Crippen LogP contribution in [0.15, 0.2) is 48.5 Å². The summed E-state index contributed by atoms with van der Waals surface area (Å²) in [6.45, 7) is 5.90. The number of amides is 1. The van der Waals surface area contributed by atoms with Crippen LogP contribution in [0.5, 0.6) is 5.75 Å². The van der Waals surface area contributed by atoms with Crippen LogP contribution in [0.2, 0.25) is 0 Å². The summed E-state index contributed by atoms with van der Waals surface area (Å²) in [6.07, 6.45) is 1.64. The van der Waals surface area contributed by atoms with Gasteiger partial charge < -0.3 is 10.1 Å². The van der Waals surface area contributed by atoms with Gasteiger partial charge >= 0.3 is 0 Å². The van der Waals surface area contributed by atoms with Crippen LogP contribution in [0, 0.1) is 6.92 Å². The molecule has 22 heavy (non-hydrogen) atoms. The van der Waals surface area contributed by atoms with Crippen molar-refractivity contribution in [3.8, 4) is 5.75 Å². The number of aryl methyl sites for hydroxylation is 2. The molecule has 1 N–H and O–H groups in total. The summed E-state index contributed by atoms with van der Waals surface area (Å²) in [5, 5.41) is 2.87. The second-order valence-electron chi connectivity index (χ2n) is 5.51. The van der Waals surface area contributed by atoms with Crippen molar-refractivity contribution in [2.45, 2.75) is 39.7 Å². The van der Waals surface area contributed by atoms with Crippen molar-refractivity contribution in [1.29, 1.82) is 0 Å². The molecule has 0 heterocycles. The van der Waals surface area contributed by atoms with Crippen molar-refractivity contribution in [1.82, 2.24) is 0 Å². The first kappa shape index (κ1) is 16.1. The first-order valence-corrected chi connectivity index (χ1v) is 7.71. The summed E-state index contributed by atoms with van der Waals surface area (Å²) in [4.78, 5) is 12.2. The number of carbonyl (C=O) groups is 1. The maximum Gasteiger partial charge on any atom is 0.265 e. The number of rotatable bonds is 6. The molecule has 2 aromatic rings. The van der Waals surface area contributed by atoms with Crippen molar-refractivity contribution < 1.29 is 9.53 Å². The minimum atomic E-state index is -0.544. The Labute approximate surface area is 132 Å². The Morgan fingerprint density at radius 1 is 1.18 bits per heavy atom. The maximum atomic E-state index is 12.2. The quantitative estimate of drug-likeness (QED) is 0.860. The first-order chi connectivity index (χ1) is 10.6. The van der Waals surface area contributed by atoms with E-state index in [1.807, 2.05) is 55.5 Å². The van der Waals surface area contributed by atoms with Crippen LogP contribution in [0.1, 0.15) is 31.4 Å². The second kappa shape index (κ2) is 7.64. The van der Waals surface area contributed by atoms with Gasteiger partial charge in [-0.2, -0.15) is 0 Å². The fourth-order valence-corrected chi connectivity index (χ4v) is 2.25. The number of carbonyl (C=O) groups excluding carboxylic acids is 1. The van der Waals surface area contributed by atoms with Crippen LogP contribution in [-0.2, 0) is 11.2 Å². The molecular weight excluding hydrogens is 274 g/mol. The molecule has 1 amide bonds. The number of benzene rings is 2. The van der Waals surface area contributed by atoms with E-state index >= 15 is 0 Å². The van der Waals surface area contributed by atoms with E-state index in [0.29, 0.717) is 5.75 Å². The summed E-state index contributed by atoms with van der Waals surface area (Å²) in [7, 11) is 0. The highest BCUT2D eigenvalue weighted by molar-refractivity contribution is 5.94. The van der Waals surface area contributed by atoms with Crippen LogP contribution in [0.3, 0.4) is 0 Å². The standard InChI is InChI=1S/C19H23NO2/c1-4-6-16-9-11-18(12-10-16)22-15(3)19(21)20-17-8-5-7-14(2)13-17/h5,7-13,15H,4,6H2,1-3H3,(H,20,21). The van der Waals surface area contributed by atoms with Crippen molar-refractivity contribution in [3.05, 3.63) is 59.7 Å². The van der Waals surface area contributed by atoms with Crippen LogP contribution in [0.4, 0.5) is 5.69 Å². The molecule has 0 bridgehead atoms. The van der Waals surface area contributed by atoms with E-state index < -0.39 is 6.10 Å². The number of anilines is 1. The topological polar surface area (TPSA) is 38.3 Å². The van der Waals surface area contributed by atoms with Crippen molar-refractivity contribution in [2.24, 2.45) is 0 Å². The number of ether oxygens (including phenoxy) is 1. The third-order valence-corrected chi connectivity index (χ3v) is 3.43. The molecule has 2 rings (SSSR count). The highest BCUT2D eigenvalue weighted by atomic mass is 16.5. The molecule has 0 radical (unpaired) electrons. The fourth-order valence-electron chi connectivity index (χ4n) is 2.25.